The number of nitrogens with zero attached hydrogens (tertiary/aromatic N) is 4. The molecule has 31 heavy (non-hydrogen) atoms. The molecule has 0 spiro atoms. The van der Waals surface area contributed by atoms with Crippen molar-refractivity contribution in [1.29, 1.82) is 0 Å². The van der Waals surface area contributed by atoms with E-state index in [0.717, 1.165) is 16.9 Å². The number of anilines is 1. The summed E-state index contributed by atoms with van der Waals surface area (Å²) in [5, 5.41) is 12.2. The topological polar surface area (TPSA) is 81.9 Å². The van der Waals surface area contributed by atoms with Crippen molar-refractivity contribution < 1.29 is 9.53 Å². The summed E-state index contributed by atoms with van der Waals surface area (Å²) in [5.41, 5.74) is 3.35. The van der Waals surface area contributed by atoms with Gasteiger partial charge in [0.15, 0.2) is 11.0 Å². The molecule has 2 aromatic carbocycles. The van der Waals surface area contributed by atoms with Crippen LogP contribution < -0.4 is 10.1 Å². The van der Waals surface area contributed by atoms with Crippen molar-refractivity contribution in [2.75, 3.05) is 18.2 Å². The fourth-order valence-electron chi connectivity index (χ4n) is 3.02. The first-order valence-corrected chi connectivity index (χ1v) is 10.6. The van der Waals surface area contributed by atoms with Crippen LogP contribution in [0, 0.1) is 6.92 Å². The molecule has 4 aromatic rings. The lowest BCUT2D eigenvalue weighted by atomic mass is 10.2. The highest BCUT2D eigenvalue weighted by molar-refractivity contribution is 7.99. The molecule has 156 valence electrons. The molecule has 0 atom stereocenters. The zero-order valence-corrected chi connectivity index (χ0v) is 18.0. The molecule has 0 aliphatic heterocycles. The van der Waals surface area contributed by atoms with E-state index in [-0.39, 0.29) is 11.7 Å². The van der Waals surface area contributed by atoms with Crippen LogP contribution in [0.2, 0.25) is 0 Å². The number of pyridine rings is 1. The SMILES string of the molecule is COc1ccccc1-n1c(SCC(=O)Nc2ccc(C)cc2)nnc1-c1ccccn1. The third kappa shape index (κ3) is 4.75. The number of para-hydroxylation sites is 2. The Morgan fingerprint density at radius 3 is 2.55 bits per heavy atom. The maximum absolute atomic E-state index is 12.5. The Bertz CT molecular complexity index is 1180. The molecule has 0 bridgehead atoms. The van der Waals surface area contributed by atoms with Crippen LogP contribution in [0.3, 0.4) is 0 Å². The van der Waals surface area contributed by atoms with Crippen LogP contribution in [-0.4, -0.2) is 38.5 Å². The van der Waals surface area contributed by atoms with Gasteiger partial charge >= 0.3 is 0 Å². The van der Waals surface area contributed by atoms with Crippen molar-refractivity contribution in [3.8, 4) is 23.0 Å². The van der Waals surface area contributed by atoms with Crippen LogP contribution in [0.4, 0.5) is 5.69 Å². The average Bonchev–Trinajstić information content (AvgIpc) is 3.23. The molecule has 7 nitrogen and oxygen atoms in total. The molecule has 0 aliphatic carbocycles. The summed E-state index contributed by atoms with van der Waals surface area (Å²) in [7, 11) is 1.62. The van der Waals surface area contributed by atoms with Crippen LogP contribution in [0.1, 0.15) is 5.56 Å². The van der Waals surface area contributed by atoms with Crippen molar-refractivity contribution in [3.05, 3.63) is 78.5 Å². The number of benzene rings is 2. The largest absolute Gasteiger partial charge is 0.495 e. The first kappa shape index (κ1) is 20.6. The van der Waals surface area contributed by atoms with Gasteiger partial charge in [0, 0.05) is 11.9 Å². The van der Waals surface area contributed by atoms with Crippen molar-refractivity contribution in [1.82, 2.24) is 19.7 Å². The number of methoxy groups -OCH3 is 1. The minimum atomic E-state index is -0.122. The molecule has 0 saturated heterocycles. The molecule has 4 rings (SSSR count). The van der Waals surface area contributed by atoms with E-state index in [9.17, 15) is 4.79 Å². The highest BCUT2D eigenvalue weighted by atomic mass is 32.2. The summed E-state index contributed by atoms with van der Waals surface area (Å²) in [6, 6.07) is 20.9. The maximum atomic E-state index is 12.5. The Labute approximate surface area is 184 Å². The van der Waals surface area contributed by atoms with Gasteiger partial charge in [0.05, 0.1) is 18.6 Å². The van der Waals surface area contributed by atoms with Gasteiger partial charge in [0.1, 0.15) is 11.4 Å². The molecule has 0 fully saturated rings. The third-order valence-electron chi connectivity index (χ3n) is 4.52. The van der Waals surface area contributed by atoms with E-state index < -0.39 is 0 Å². The lowest BCUT2D eigenvalue weighted by molar-refractivity contribution is -0.113. The van der Waals surface area contributed by atoms with Crippen molar-refractivity contribution in [2.45, 2.75) is 12.1 Å². The quantitative estimate of drug-likeness (QED) is 0.438. The minimum absolute atomic E-state index is 0.122. The summed E-state index contributed by atoms with van der Waals surface area (Å²) in [6.07, 6.45) is 1.71. The van der Waals surface area contributed by atoms with Crippen LogP contribution in [0.25, 0.3) is 17.2 Å². The van der Waals surface area contributed by atoms with Gasteiger partial charge in [-0.15, -0.1) is 10.2 Å². The Kier molecular flexibility index (Phi) is 6.28. The van der Waals surface area contributed by atoms with Gasteiger partial charge in [-0.25, -0.2) is 0 Å². The predicted molar refractivity (Wildman–Crippen MR) is 122 cm³/mol. The molecule has 0 saturated carbocycles. The van der Waals surface area contributed by atoms with Gasteiger partial charge in [0.2, 0.25) is 5.91 Å². The second kappa shape index (κ2) is 9.44. The first-order valence-electron chi connectivity index (χ1n) is 9.65. The smallest absolute Gasteiger partial charge is 0.234 e. The first-order chi connectivity index (χ1) is 15.2. The lowest BCUT2D eigenvalue weighted by Crippen LogP contribution is -2.14. The second-order valence-corrected chi connectivity index (χ2v) is 7.67. The number of carbonyl (C=O) groups is 1. The van der Waals surface area contributed by atoms with Gasteiger partial charge < -0.3 is 10.1 Å². The van der Waals surface area contributed by atoms with Crippen molar-refractivity contribution in [3.63, 3.8) is 0 Å². The molecule has 8 heteroatoms. The van der Waals surface area contributed by atoms with E-state index in [4.69, 9.17) is 4.74 Å². The van der Waals surface area contributed by atoms with Gasteiger partial charge in [-0.1, -0.05) is 47.7 Å². The summed E-state index contributed by atoms with van der Waals surface area (Å²) >= 11 is 1.30. The summed E-state index contributed by atoms with van der Waals surface area (Å²) in [5.74, 6) is 1.31. The number of thioether (sulfide) groups is 1. The minimum Gasteiger partial charge on any atom is -0.495 e. The third-order valence-corrected chi connectivity index (χ3v) is 5.45. The van der Waals surface area contributed by atoms with Gasteiger partial charge in [-0.2, -0.15) is 0 Å². The fourth-order valence-corrected chi connectivity index (χ4v) is 3.76. The summed E-state index contributed by atoms with van der Waals surface area (Å²) in [6.45, 7) is 2.01. The van der Waals surface area contributed by atoms with E-state index in [2.05, 4.69) is 20.5 Å². The van der Waals surface area contributed by atoms with E-state index in [1.54, 1.807) is 13.3 Å². The average molecular weight is 432 g/mol. The molecule has 0 aliphatic rings. The predicted octanol–water partition coefficient (Wildman–Crippen LogP) is 4.38. The second-order valence-electron chi connectivity index (χ2n) is 6.73. The summed E-state index contributed by atoms with van der Waals surface area (Å²) < 4.78 is 7.41. The number of ether oxygens (including phenoxy) is 1. The van der Waals surface area contributed by atoms with E-state index >= 15 is 0 Å². The molecule has 0 radical (unpaired) electrons. The van der Waals surface area contributed by atoms with Crippen LogP contribution >= 0.6 is 11.8 Å². The van der Waals surface area contributed by atoms with E-state index in [1.165, 1.54) is 11.8 Å². The van der Waals surface area contributed by atoms with Crippen LogP contribution in [0.5, 0.6) is 5.75 Å². The number of nitrogens with one attached hydrogen (secondary N) is 1. The fraction of sp³-hybridized carbons (Fsp3) is 0.130. The number of hydrogen-bond acceptors (Lipinski definition) is 6. The normalized spacial score (nSPS) is 10.6. The number of carbonyl (C=O) groups excluding carboxylic acids is 1. The molecule has 0 unspecified atom stereocenters. The zero-order valence-electron chi connectivity index (χ0n) is 17.1. The summed E-state index contributed by atoms with van der Waals surface area (Å²) in [4.78, 5) is 16.9. The Hall–Kier alpha value is -3.65. The molecule has 1 amide bonds. The van der Waals surface area contributed by atoms with E-state index in [1.807, 2.05) is 78.2 Å². The lowest BCUT2D eigenvalue weighted by Gasteiger charge is -2.13. The maximum Gasteiger partial charge on any atom is 0.234 e. The number of aromatic nitrogens is 4. The standard InChI is InChI=1S/C23H21N5O2S/c1-16-10-12-17(13-11-16)25-21(29)15-31-23-27-26-22(18-7-5-6-14-24-18)28(23)19-8-3-4-9-20(19)30-2/h3-14H,15H2,1-2H3,(H,25,29). The molecular weight excluding hydrogens is 410 g/mol. The van der Waals surface area contributed by atoms with Gasteiger partial charge in [-0.05, 0) is 43.3 Å². The Morgan fingerprint density at radius 2 is 1.81 bits per heavy atom. The number of rotatable bonds is 7. The van der Waals surface area contributed by atoms with Crippen molar-refractivity contribution >= 4 is 23.4 Å². The zero-order chi connectivity index (χ0) is 21.6. The highest BCUT2D eigenvalue weighted by Gasteiger charge is 2.20. The van der Waals surface area contributed by atoms with E-state index in [0.29, 0.717) is 22.4 Å². The molecular formula is C23H21N5O2S. The Morgan fingerprint density at radius 1 is 1.03 bits per heavy atom. The van der Waals surface area contributed by atoms with Gasteiger partial charge in [-0.3, -0.25) is 14.3 Å². The van der Waals surface area contributed by atoms with Crippen molar-refractivity contribution in [2.24, 2.45) is 0 Å². The molecule has 2 heterocycles. The number of aryl methyl sites for hydroxylation is 1. The number of hydrogen-bond donors (Lipinski definition) is 1. The highest BCUT2D eigenvalue weighted by Crippen LogP contribution is 2.31. The molecule has 2 aromatic heterocycles. The Balaban J connectivity index is 1.62. The monoisotopic (exact) mass is 431 g/mol. The van der Waals surface area contributed by atoms with Crippen LogP contribution in [-0.2, 0) is 4.79 Å². The number of amides is 1. The molecule has 1 N–H and O–H groups in total. The van der Waals surface area contributed by atoms with Crippen LogP contribution in [0.15, 0.2) is 78.1 Å². The van der Waals surface area contributed by atoms with Gasteiger partial charge in [0.25, 0.3) is 0 Å².